The lowest BCUT2D eigenvalue weighted by molar-refractivity contribution is 0.270. The molecule has 0 aliphatic carbocycles. The highest BCUT2D eigenvalue weighted by Gasteiger charge is 2.16. The van der Waals surface area contributed by atoms with E-state index in [0.29, 0.717) is 13.1 Å². The SMILES string of the molecule is CCNC(=NCc1ccc(N2CCN(CC)CC2)nc1)NCc1ccccc1Cl. The number of nitrogens with one attached hydrogen (secondary N) is 2. The van der Waals surface area contributed by atoms with E-state index in [1.807, 2.05) is 30.5 Å². The summed E-state index contributed by atoms with van der Waals surface area (Å²) in [6.07, 6.45) is 1.93. The summed E-state index contributed by atoms with van der Waals surface area (Å²) in [5.41, 5.74) is 2.14. The summed E-state index contributed by atoms with van der Waals surface area (Å²) in [6.45, 7) is 11.7. The largest absolute Gasteiger partial charge is 0.357 e. The molecule has 1 saturated heterocycles. The Hall–Kier alpha value is -2.31. The second-order valence-electron chi connectivity index (χ2n) is 7.09. The van der Waals surface area contributed by atoms with Gasteiger partial charge in [-0.1, -0.05) is 42.8 Å². The van der Waals surface area contributed by atoms with Crippen LogP contribution in [0.2, 0.25) is 5.02 Å². The van der Waals surface area contributed by atoms with Crippen LogP contribution in [-0.4, -0.2) is 55.1 Å². The average molecular weight is 415 g/mol. The maximum absolute atomic E-state index is 6.24. The van der Waals surface area contributed by atoms with Gasteiger partial charge in [0.2, 0.25) is 0 Å². The fourth-order valence-electron chi connectivity index (χ4n) is 3.32. The summed E-state index contributed by atoms with van der Waals surface area (Å²) in [4.78, 5) is 14.2. The van der Waals surface area contributed by atoms with Crippen molar-refractivity contribution in [2.45, 2.75) is 26.9 Å². The van der Waals surface area contributed by atoms with E-state index < -0.39 is 0 Å². The number of piperazine rings is 1. The minimum absolute atomic E-state index is 0.578. The first kappa shape index (κ1) is 21.4. The zero-order valence-corrected chi connectivity index (χ0v) is 18.1. The third kappa shape index (κ3) is 6.34. The van der Waals surface area contributed by atoms with Crippen LogP contribution in [0.1, 0.15) is 25.0 Å². The molecule has 1 aliphatic rings. The van der Waals surface area contributed by atoms with E-state index in [9.17, 15) is 0 Å². The molecular formula is C22H31ClN6. The Labute approximate surface area is 179 Å². The molecule has 0 spiro atoms. The van der Waals surface area contributed by atoms with E-state index in [2.05, 4.69) is 56.4 Å². The quantitative estimate of drug-likeness (QED) is 0.538. The van der Waals surface area contributed by atoms with Gasteiger partial charge in [-0.15, -0.1) is 0 Å². The van der Waals surface area contributed by atoms with Gasteiger partial charge in [0.25, 0.3) is 0 Å². The predicted octanol–water partition coefficient (Wildman–Crippen LogP) is 3.13. The lowest BCUT2D eigenvalue weighted by Gasteiger charge is -2.34. The Morgan fingerprint density at radius 1 is 1.07 bits per heavy atom. The van der Waals surface area contributed by atoms with Crippen LogP contribution in [0.15, 0.2) is 47.6 Å². The van der Waals surface area contributed by atoms with E-state index >= 15 is 0 Å². The Bertz CT molecular complexity index is 784. The van der Waals surface area contributed by atoms with Crippen molar-refractivity contribution in [2.75, 3.05) is 44.2 Å². The highest BCUT2D eigenvalue weighted by atomic mass is 35.5. The van der Waals surface area contributed by atoms with E-state index in [1.54, 1.807) is 0 Å². The van der Waals surface area contributed by atoms with Crippen LogP contribution in [0.25, 0.3) is 0 Å². The number of benzene rings is 1. The van der Waals surface area contributed by atoms with Gasteiger partial charge in [-0.2, -0.15) is 0 Å². The Balaban J connectivity index is 1.55. The lowest BCUT2D eigenvalue weighted by atomic mass is 10.2. The minimum Gasteiger partial charge on any atom is -0.357 e. The van der Waals surface area contributed by atoms with Crippen LogP contribution in [0.5, 0.6) is 0 Å². The molecule has 0 saturated carbocycles. The summed E-state index contributed by atoms with van der Waals surface area (Å²) < 4.78 is 0. The van der Waals surface area contributed by atoms with Crippen LogP contribution in [0.4, 0.5) is 5.82 Å². The van der Waals surface area contributed by atoms with E-state index in [-0.39, 0.29) is 0 Å². The minimum atomic E-state index is 0.578. The molecule has 0 unspecified atom stereocenters. The first-order chi connectivity index (χ1) is 14.2. The highest BCUT2D eigenvalue weighted by molar-refractivity contribution is 6.31. The molecule has 156 valence electrons. The van der Waals surface area contributed by atoms with Gasteiger partial charge in [0, 0.05) is 50.5 Å². The van der Waals surface area contributed by atoms with Gasteiger partial charge >= 0.3 is 0 Å². The Kier molecular flexibility index (Phi) is 8.14. The summed E-state index contributed by atoms with van der Waals surface area (Å²) in [7, 11) is 0. The molecule has 2 heterocycles. The summed E-state index contributed by atoms with van der Waals surface area (Å²) in [5.74, 6) is 1.82. The number of rotatable bonds is 7. The summed E-state index contributed by atoms with van der Waals surface area (Å²) in [5, 5.41) is 7.38. The molecule has 1 aliphatic heterocycles. The van der Waals surface area contributed by atoms with Gasteiger partial charge in [-0.3, -0.25) is 0 Å². The molecule has 0 bridgehead atoms. The number of likely N-dealkylation sites (N-methyl/N-ethyl adjacent to an activating group) is 1. The smallest absolute Gasteiger partial charge is 0.191 e. The van der Waals surface area contributed by atoms with Crippen molar-refractivity contribution >= 4 is 23.4 Å². The first-order valence-corrected chi connectivity index (χ1v) is 10.7. The van der Waals surface area contributed by atoms with Gasteiger partial charge in [-0.05, 0) is 36.7 Å². The molecule has 29 heavy (non-hydrogen) atoms. The van der Waals surface area contributed by atoms with Crippen molar-refractivity contribution in [1.29, 1.82) is 0 Å². The van der Waals surface area contributed by atoms with Gasteiger partial charge in [0.15, 0.2) is 5.96 Å². The fraction of sp³-hybridized carbons (Fsp3) is 0.455. The zero-order valence-electron chi connectivity index (χ0n) is 17.4. The van der Waals surface area contributed by atoms with Crippen LogP contribution in [-0.2, 0) is 13.1 Å². The van der Waals surface area contributed by atoms with Crippen LogP contribution >= 0.6 is 11.6 Å². The molecule has 0 atom stereocenters. The van der Waals surface area contributed by atoms with Crippen molar-refractivity contribution in [3.8, 4) is 0 Å². The normalized spacial score (nSPS) is 15.4. The van der Waals surface area contributed by atoms with Crippen LogP contribution < -0.4 is 15.5 Å². The van der Waals surface area contributed by atoms with Crippen molar-refractivity contribution < 1.29 is 0 Å². The summed E-state index contributed by atoms with van der Waals surface area (Å²) >= 11 is 6.24. The third-order valence-corrected chi connectivity index (χ3v) is 5.49. The standard InChI is InChI=1S/C22H31ClN6/c1-3-24-22(27-17-19-7-5-6-8-20(19)23)26-16-18-9-10-21(25-15-18)29-13-11-28(4-2)12-14-29/h5-10,15H,3-4,11-14,16-17H2,1-2H3,(H2,24,26,27). The molecule has 1 fully saturated rings. The topological polar surface area (TPSA) is 55.8 Å². The Morgan fingerprint density at radius 3 is 2.52 bits per heavy atom. The van der Waals surface area contributed by atoms with Crippen LogP contribution in [0, 0.1) is 0 Å². The van der Waals surface area contributed by atoms with Crippen molar-refractivity contribution in [3.63, 3.8) is 0 Å². The van der Waals surface area contributed by atoms with E-state index in [1.165, 1.54) is 0 Å². The number of hydrogen-bond acceptors (Lipinski definition) is 4. The first-order valence-electron chi connectivity index (χ1n) is 10.4. The highest BCUT2D eigenvalue weighted by Crippen LogP contribution is 2.15. The third-order valence-electron chi connectivity index (χ3n) is 5.12. The van der Waals surface area contributed by atoms with Crippen molar-refractivity contribution in [3.05, 3.63) is 58.7 Å². The molecule has 6 nitrogen and oxygen atoms in total. The number of aromatic nitrogens is 1. The summed E-state index contributed by atoms with van der Waals surface area (Å²) in [6, 6.07) is 12.1. The predicted molar refractivity (Wildman–Crippen MR) is 122 cm³/mol. The maximum Gasteiger partial charge on any atom is 0.191 e. The molecule has 7 heteroatoms. The number of pyridine rings is 1. The van der Waals surface area contributed by atoms with Gasteiger partial charge in [0.05, 0.1) is 6.54 Å². The number of hydrogen-bond donors (Lipinski definition) is 2. The number of anilines is 1. The zero-order chi connectivity index (χ0) is 20.5. The fourth-order valence-corrected chi connectivity index (χ4v) is 3.53. The number of halogens is 1. The number of guanidine groups is 1. The van der Waals surface area contributed by atoms with Crippen molar-refractivity contribution in [2.24, 2.45) is 4.99 Å². The molecular weight excluding hydrogens is 384 g/mol. The number of aliphatic imine (C=N–C) groups is 1. The lowest BCUT2D eigenvalue weighted by Crippen LogP contribution is -2.46. The molecule has 2 N–H and O–H groups in total. The van der Waals surface area contributed by atoms with Gasteiger partial charge < -0.3 is 20.4 Å². The van der Waals surface area contributed by atoms with Crippen molar-refractivity contribution in [1.82, 2.24) is 20.5 Å². The Morgan fingerprint density at radius 2 is 1.86 bits per heavy atom. The second-order valence-corrected chi connectivity index (χ2v) is 7.49. The molecule has 2 aromatic rings. The maximum atomic E-state index is 6.24. The molecule has 1 aromatic heterocycles. The molecule has 3 rings (SSSR count). The average Bonchev–Trinajstić information content (AvgIpc) is 2.77. The van der Waals surface area contributed by atoms with E-state index in [0.717, 1.165) is 67.2 Å². The molecule has 0 radical (unpaired) electrons. The van der Waals surface area contributed by atoms with Gasteiger partial charge in [-0.25, -0.2) is 9.98 Å². The van der Waals surface area contributed by atoms with E-state index in [4.69, 9.17) is 11.6 Å². The molecule has 1 aromatic carbocycles. The number of nitrogens with zero attached hydrogens (tertiary/aromatic N) is 4. The molecule has 0 amide bonds. The van der Waals surface area contributed by atoms with Gasteiger partial charge in [0.1, 0.15) is 5.82 Å². The second kappa shape index (κ2) is 11.0. The van der Waals surface area contributed by atoms with Crippen LogP contribution in [0.3, 0.4) is 0 Å². The monoisotopic (exact) mass is 414 g/mol.